The number of carbonyl (C=O) groups excluding carboxylic acids is 3. The summed E-state index contributed by atoms with van der Waals surface area (Å²) in [6.07, 6.45) is 0.130. The lowest BCUT2D eigenvalue weighted by atomic mass is 10.2. The molecule has 41 heavy (non-hydrogen) atoms. The summed E-state index contributed by atoms with van der Waals surface area (Å²) in [7, 11) is 1.50. The van der Waals surface area contributed by atoms with Crippen molar-refractivity contribution in [2.24, 2.45) is 0 Å². The van der Waals surface area contributed by atoms with Gasteiger partial charge in [0.2, 0.25) is 11.8 Å². The SMILES string of the molecule is CCOc1ccccc1N1CCN(C(=O)Cc2csc(NC(=O)CN(CCOC)C(=O)c3ccc(F)cc3)n2)CC1. The molecular weight excluding hydrogens is 549 g/mol. The van der Waals surface area contributed by atoms with Gasteiger partial charge in [-0.25, -0.2) is 9.37 Å². The molecule has 0 saturated carbocycles. The summed E-state index contributed by atoms with van der Waals surface area (Å²) in [4.78, 5) is 48.4. The maximum Gasteiger partial charge on any atom is 0.254 e. The molecule has 1 N–H and O–H groups in total. The summed E-state index contributed by atoms with van der Waals surface area (Å²) in [6, 6.07) is 13.1. The van der Waals surface area contributed by atoms with Crippen molar-refractivity contribution in [2.45, 2.75) is 13.3 Å². The highest BCUT2D eigenvalue weighted by atomic mass is 32.1. The van der Waals surface area contributed by atoms with Crippen molar-refractivity contribution < 1.29 is 28.2 Å². The van der Waals surface area contributed by atoms with Crippen molar-refractivity contribution in [3.05, 3.63) is 71.0 Å². The number of anilines is 2. The number of hydrogen-bond donors (Lipinski definition) is 1. The normalized spacial score (nSPS) is 13.1. The van der Waals surface area contributed by atoms with Crippen LogP contribution in [-0.4, -0.2) is 92.1 Å². The quantitative estimate of drug-likeness (QED) is 0.349. The lowest BCUT2D eigenvalue weighted by molar-refractivity contribution is -0.130. The van der Waals surface area contributed by atoms with E-state index in [4.69, 9.17) is 9.47 Å². The van der Waals surface area contributed by atoms with Gasteiger partial charge in [0.05, 0.1) is 31.0 Å². The number of para-hydroxylation sites is 2. The van der Waals surface area contributed by atoms with Crippen LogP contribution in [0.15, 0.2) is 53.9 Å². The van der Waals surface area contributed by atoms with Gasteiger partial charge in [0, 0.05) is 50.8 Å². The van der Waals surface area contributed by atoms with Crippen molar-refractivity contribution in [3.63, 3.8) is 0 Å². The van der Waals surface area contributed by atoms with Crippen LogP contribution in [0.2, 0.25) is 0 Å². The molecule has 0 spiro atoms. The zero-order valence-electron chi connectivity index (χ0n) is 23.2. The zero-order chi connectivity index (χ0) is 29.2. The van der Waals surface area contributed by atoms with Crippen molar-refractivity contribution in [1.82, 2.24) is 14.8 Å². The molecule has 0 unspecified atom stereocenters. The second kappa shape index (κ2) is 14.6. The van der Waals surface area contributed by atoms with Gasteiger partial charge >= 0.3 is 0 Å². The predicted octanol–water partition coefficient (Wildman–Crippen LogP) is 3.30. The highest BCUT2D eigenvalue weighted by molar-refractivity contribution is 7.13. The van der Waals surface area contributed by atoms with E-state index in [9.17, 15) is 18.8 Å². The van der Waals surface area contributed by atoms with E-state index in [1.54, 1.807) is 5.38 Å². The molecule has 12 heteroatoms. The van der Waals surface area contributed by atoms with Crippen LogP contribution in [0.5, 0.6) is 5.75 Å². The summed E-state index contributed by atoms with van der Waals surface area (Å²) < 4.78 is 24.1. The second-order valence-corrected chi connectivity index (χ2v) is 10.2. The molecule has 1 fully saturated rings. The van der Waals surface area contributed by atoms with E-state index >= 15 is 0 Å². The van der Waals surface area contributed by atoms with Crippen molar-refractivity contribution in [1.29, 1.82) is 0 Å². The van der Waals surface area contributed by atoms with E-state index in [2.05, 4.69) is 15.2 Å². The number of nitrogens with zero attached hydrogens (tertiary/aromatic N) is 4. The molecule has 4 rings (SSSR count). The van der Waals surface area contributed by atoms with Gasteiger partial charge in [-0.05, 0) is 43.3 Å². The summed E-state index contributed by atoms with van der Waals surface area (Å²) >= 11 is 1.22. The molecule has 0 bridgehead atoms. The largest absolute Gasteiger partial charge is 0.492 e. The Morgan fingerprint density at radius 3 is 2.51 bits per heavy atom. The number of carbonyl (C=O) groups is 3. The van der Waals surface area contributed by atoms with Crippen LogP contribution in [0.3, 0.4) is 0 Å². The van der Waals surface area contributed by atoms with Gasteiger partial charge in [0.15, 0.2) is 5.13 Å². The summed E-state index contributed by atoms with van der Waals surface area (Å²) in [5.74, 6) is -0.488. The van der Waals surface area contributed by atoms with Crippen molar-refractivity contribution >= 4 is 39.9 Å². The first kappa shape index (κ1) is 29.9. The molecule has 2 aromatic carbocycles. The van der Waals surface area contributed by atoms with Crippen molar-refractivity contribution in [2.75, 3.05) is 69.8 Å². The Morgan fingerprint density at radius 2 is 1.80 bits per heavy atom. The molecule has 2 heterocycles. The Balaban J connectivity index is 1.28. The molecule has 0 aliphatic carbocycles. The van der Waals surface area contributed by atoms with Gasteiger partial charge in [-0.2, -0.15) is 0 Å². The molecule has 1 aliphatic rings. The smallest absolute Gasteiger partial charge is 0.254 e. The minimum absolute atomic E-state index is 0.0263. The number of ether oxygens (including phenoxy) is 2. The molecular formula is C29H34FN5O5S. The molecule has 1 aromatic heterocycles. The maximum absolute atomic E-state index is 13.3. The van der Waals surface area contributed by atoms with E-state index in [0.29, 0.717) is 43.6 Å². The third-order valence-corrected chi connectivity index (χ3v) is 7.35. The fraction of sp³-hybridized carbons (Fsp3) is 0.379. The van der Waals surface area contributed by atoms with Gasteiger partial charge in [0.25, 0.3) is 5.91 Å². The van der Waals surface area contributed by atoms with E-state index in [0.717, 1.165) is 11.4 Å². The van der Waals surface area contributed by atoms with E-state index in [-0.39, 0.29) is 37.6 Å². The topological polar surface area (TPSA) is 104 Å². The number of methoxy groups -OCH3 is 1. The van der Waals surface area contributed by atoms with Crippen LogP contribution in [0.25, 0.3) is 0 Å². The van der Waals surface area contributed by atoms with Gasteiger partial charge in [-0.3, -0.25) is 14.4 Å². The molecule has 3 aromatic rings. The number of halogens is 1. The van der Waals surface area contributed by atoms with Crippen LogP contribution in [-0.2, 0) is 20.7 Å². The molecule has 3 amide bonds. The average molecular weight is 584 g/mol. The summed E-state index contributed by atoms with van der Waals surface area (Å²) in [5, 5.41) is 4.80. The van der Waals surface area contributed by atoms with E-state index < -0.39 is 17.6 Å². The lowest BCUT2D eigenvalue weighted by Crippen LogP contribution is -2.49. The highest BCUT2D eigenvalue weighted by Crippen LogP contribution is 2.29. The molecule has 1 saturated heterocycles. The first-order valence-corrected chi connectivity index (χ1v) is 14.3. The van der Waals surface area contributed by atoms with E-state index in [1.165, 1.54) is 47.6 Å². The monoisotopic (exact) mass is 583 g/mol. The number of benzene rings is 2. The summed E-state index contributed by atoms with van der Waals surface area (Å²) in [5.41, 5.74) is 1.87. The first-order chi connectivity index (χ1) is 19.9. The lowest BCUT2D eigenvalue weighted by Gasteiger charge is -2.36. The summed E-state index contributed by atoms with van der Waals surface area (Å²) in [6.45, 7) is 5.31. The number of thiazole rings is 1. The molecule has 0 radical (unpaired) electrons. The molecule has 218 valence electrons. The van der Waals surface area contributed by atoms with Crippen LogP contribution in [0, 0.1) is 5.82 Å². The number of aromatic nitrogens is 1. The van der Waals surface area contributed by atoms with E-state index in [1.807, 2.05) is 36.1 Å². The fourth-order valence-corrected chi connectivity index (χ4v) is 5.19. The average Bonchev–Trinajstić information content (AvgIpc) is 3.42. The van der Waals surface area contributed by atoms with Crippen LogP contribution >= 0.6 is 11.3 Å². The third kappa shape index (κ3) is 8.24. The third-order valence-electron chi connectivity index (χ3n) is 6.55. The fourth-order valence-electron chi connectivity index (χ4n) is 4.47. The predicted molar refractivity (Wildman–Crippen MR) is 155 cm³/mol. The highest BCUT2D eigenvalue weighted by Gasteiger charge is 2.24. The van der Waals surface area contributed by atoms with Crippen LogP contribution in [0.1, 0.15) is 23.0 Å². The second-order valence-electron chi connectivity index (χ2n) is 9.36. The van der Waals surface area contributed by atoms with Gasteiger partial charge in [-0.15, -0.1) is 11.3 Å². The number of amides is 3. The van der Waals surface area contributed by atoms with Gasteiger partial charge in [0.1, 0.15) is 18.1 Å². The van der Waals surface area contributed by atoms with Crippen LogP contribution in [0.4, 0.5) is 15.2 Å². The Bertz CT molecular complexity index is 1330. The Labute approximate surface area is 242 Å². The van der Waals surface area contributed by atoms with Crippen molar-refractivity contribution in [3.8, 4) is 5.75 Å². The number of piperazine rings is 1. The molecule has 10 nitrogen and oxygen atoms in total. The van der Waals surface area contributed by atoms with Gasteiger partial charge in [-0.1, -0.05) is 12.1 Å². The number of rotatable bonds is 12. The Kier molecular flexibility index (Phi) is 10.6. The minimum atomic E-state index is -0.452. The first-order valence-electron chi connectivity index (χ1n) is 13.4. The Hall–Kier alpha value is -4.03. The maximum atomic E-state index is 13.3. The minimum Gasteiger partial charge on any atom is -0.492 e. The number of hydrogen-bond acceptors (Lipinski definition) is 8. The zero-order valence-corrected chi connectivity index (χ0v) is 24.0. The van der Waals surface area contributed by atoms with Gasteiger partial charge < -0.3 is 29.5 Å². The number of nitrogens with one attached hydrogen (secondary N) is 1. The molecule has 1 aliphatic heterocycles. The molecule has 0 atom stereocenters. The standard InChI is InChI=1S/C29H34FN5O5S/c1-3-40-25-7-5-4-6-24(25)33-12-14-34(15-13-33)27(37)18-23-20-41-29(31-23)32-26(36)19-35(16-17-39-2)28(38)21-8-10-22(30)11-9-21/h4-11,20H,3,12-19H2,1-2H3,(H,31,32,36). The van der Waals surface area contributed by atoms with Crippen LogP contribution < -0.4 is 15.0 Å². The Morgan fingerprint density at radius 1 is 1.07 bits per heavy atom.